The van der Waals surface area contributed by atoms with E-state index in [0.717, 1.165) is 0 Å². The number of rotatable bonds is 4. The second-order valence-corrected chi connectivity index (χ2v) is 3.56. The predicted octanol–water partition coefficient (Wildman–Crippen LogP) is 1.60. The zero-order valence-electron chi connectivity index (χ0n) is 8.02. The molecule has 1 rings (SSSR count). The normalized spacial score (nSPS) is 12.5. The van der Waals surface area contributed by atoms with Crippen molar-refractivity contribution in [1.29, 1.82) is 0 Å². The third-order valence-electron chi connectivity index (χ3n) is 2.07. The molecule has 0 unspecified atom stereocenters. The minimum atomic E-state index is -0.527. The van der Waals surface area contributed by atoms with Crippen LogP contribution in [0, 0.1) is 10.1 Å². The molecule has 1 atom stereocenters. The van der Waals surface area contributed by atoms with Crippen LogP contribution in [0.3, 0.4) is 0 Å². The fraction of sp³-hybridized carbons (Fsp3) is 0.333. The van der Waals surface area contributed by atoms with Crippen molar-refractivity contribution in [3.05, 3.63) is 38.9 Å². The molecular weight excluding hydrogens is 218 g/mol. The molecule has 0 aliphatic heterocycles. The Kier molecular flexibility index (Phi) is 4.02. The van der Waals surface area contributed by atoms with Crippen LogP contribution in [-0.4, -0.2) is 11.5 Å². The maximum absolute atomic E-state index is 10.6. The predicted molar refractivity (Wildman–Crippen MR) is 58.7 cm³/mol. The fourth-order valence-corrected chi connectivity index (χ4v) is 1.43. The Morgan fingerprint density at radius 1 is 1.53 bits per heavy atom. The van der Waals surface area contributed by atoms with Gasteiger partial charge in [0.15, 0.2) is 0 Å². The van der Waals surface area contributed by atoms with Crippen molar-refractivity contribution in [3.8, 4) is 0 Å². The lowest BCUT2D eigenvalue weighted by Crippen LogP contribution is -2.15. The number of nitrogens with zero attached hydrogens (tertiary/aromatic N) is 1. The van der Waals surface area contributed by atoms with E-state index in [1.54, 1.807) is 6.07 Å². The van der Waals surface area contributed by atoms with Crippen LogP contribution in [0.4, 0.5) is 5.69 Å². The van der Waals surface area contributed by atoms with E-state index in [0.29, 0.717) is 18.5 Å². The first-order valence-electron chi connectivity index (χ1n) is 4.45. The second kappa shape index (κ2) is 5.06. The number of nitro benzene ring substituents is 1. The van der Waals surface area contributed by atoms with Crippen molar-refractivity contribution >= 4 is 17.3 Å². The molecule has 0 saturated carbocycles. The standard InChI is InChI=1S/C9H12ClN3O2/c10-7-2-1-6(8(12)3-4-11)5-9(7)13(14)15/h1-2,5,8H,3-4,11-12H2/t8-/m1/s1. The van der Waals surface area contributed by atoms with E-state index in [2.05, 4.69) is 0 Å². The lowest BCUT2D eigenvalue weighted by molar-refractivity contribution is -0.384. The van der Waals surface area contributed by atoms with E-state index in [9.17, 15) is 10.1 Å². The Labute approximate surface area is 92.2 Å². The van der Waals surface area contributed by atoms with E-state index in [1.165, 1.54) is 12.1 Å². The van der Waals surface area contributed by atoms with Gasteiger partial charge in [0, 0.05) is 12.1 Å². The minimum Gasteiger partial charge on any atom is -0.330 e. The van der Waals surface area contributed by atoms with Gasteiger partial charge in [-0.1, -0.05) is 17.7 Å². The summed E-state index contributed by atoms with van der Waals surface area (Å²) in [7, 11) is 0. The van der Waals surface area contributed by atoms with Crippen molar-refractivity contribution in [2.75, 3.05) is 6.54 Å². The van der Waals surface area contributed by atoms with Gasteiger partial charge in [0.2, 0.25) is 0 Å². The highest BCUT2D eigenvalue weighted by atomic mass is 35.5. The number of benzene rings is 1. The number of hydrogen-bond acceptors (Lipinski definition) is 4. The molecule has 15 heavy (non-hydrogen) atoms. The van der Waals surface area contributed by atoms with E-state index >= 15 is 0 Å². The molecule has 1 aromatic carbocycles. The Hall–Kier alpha value is -1.17. The molecule has 0 saturated heterocycles. The quantitative estimate of drug-likeness (QED) is 0.606. The summed E-state index contributed by atoms with van der Waals surface area (Å²) in [5.41, 5.74) is 11.7. The highest BCUT2D eigenvalue weighted by Crippen LogP contribution is 2.27. The first kappa shape index (κ1) is 11.9. The van der Waals surface area contributed by atoms with Gasteiger partial charge >= 0.3 is 0 Å². The number of nitro groups is 1. The fourth-order valence-electron chi connectivity index (χ4n) is 1.25. The van der Waals surface area contributed by atoms with Crippen molar-refractivity contribution in [3.63, 3.8) is 0 Å². The van der Waals surface area contributed by atoms with Crippen molar-refractivity contribution in [2.24, 2.45) is 11.5 Å². The van der Waals surface area contributed by atoms with Crippen LogP contribution in [0.2, 0.25) is 5.02 Å². The lowest BCUT2D eigenvalue weighted by atomic mass is 10.0. The van der Waals surface area contributed by atoms with Gasteiger partial charge in [-0.2, -0.15) is 0 Å². The number of nitrogens with two attached hydrogens (primary N) is 2. The summed E-state index contributed by atoms with van der Waals surface area (Å²) in [6.45, 7) is 0.442. The van der Waals surface area contributed by atoms with Gasteiger partial charge in [0.05, 0.1) is 4.92 Å². The summed E-state index contributed by atoms with van der Waals surface area (Å²) in [6.07, 6.45) is 0.582. The molecule has 0 aliphatic carbocycles. The first-order chi connectivity index (χ1) is 7.06. The smallest absolute Gasteiger partial charge is 0.288 e. The highest BCUT2D eigenvalue weighted by molar-refractivity contribution is 6.32. The zero-order chi connectivity index (χ0) is 11.4. The molecule has 0 aromatic heterocycles. The lowest BCUT2D eigenvalue weighted by Gasteiger charge is -2.10. The van der Waals surface area contributed by atoms with Crippen LogP contribution >= 0.6 is 11.6 Å². The molecule has 82 valence electrons. The molecular formula is C9H12ClN3O2. The van der Waals surface area contributed by atoms with Crippen molar-refractivity contribution in [1.82, 2.24) is 0 Å². The van der Waals surface area contributed by atoms with E-state index in [-0.39, 0.29) is 16.8 Å². The number of hydrogen-bond donors (Lipinski definition) is 2. The molecule has 0 fully saturated rings. The van der Waals surface area contributed by atoms with Crippen LogP contribution < -0.4 is 11.5 Å². The third kappa shape index (κ3) is 2.89. The van der Waals surface area contributed by atoms with E-state index in [4.69, 9.17) is 23.1 Å². The molecule has 4 N–H and O–H groups in total. The molecule has 0 bridgehead atoms. The maximum atomic E-state index is 10.6. The van der Waals surface area contributed by atoms with Gasteiger partial charge in [0.25, 0.3) is 5.69 Å². The van der Waals surface area contributed by atoms with E-state index < -0.39 is 4.92 Å². The van der Waals surface area contributed by atoms with Gasteiger partial charge in [-0.25, -0.2) is 0 Å². The molecule has 1 aromatic rings. The summed E-state index contributed by atoms with van der Waals surface area (Å²) in [5.74, 6) is 0. The SMILES string of the molecule is NCC[C@@H](N)c1ccc(Cl)c([N+](=O)[O-])c1. The topological polar surface area (TPSA) is 95.2 Å². The Morgan fingerprint density at radius 3 is 2.73 bits per heavy atom. The molecule has 0 spiro atoms. The molecule has 0 amide bonds. The monoisotopic (exact) mass is 229 g/mol. The molecule has 0 radical (unpaired) electrons. The van der Waals surface area contributed by atoms with Gasteiger partial charge < -0.3 is 11.5 Å². The Balaban J connectivity index is 3.02. The molecule has 0 aliphatic rings. The average molecular weight is 230 g/mol. The van der Waals surface area contributed by atoms with Crippen molar-refractivity contribution < 1.29 is 4.92 Å². The van der Waals surface area contributed by atoms with Crippen molar-refractivity contribution in [2.45, 2.75) is 12.5 Å². The minimum absolute atomic E-state index is 0.115. The Bertz CT molecular complexity index is 370. The average Bonchev–Trinajstić information content (AvgIpc) is 2.18. The van der Waals surface area contributed by atoms with Gasteiger partial charge in [-0.3, -0.25) is 10.1 Å². The van der Waals surface area contributed by atoms with Crippen LogP contribution in [0.25, 0.3) is 0 Å². The zero-order valence-corrected chi connectivity index (χ0v) is 8.78. The Morgan fingerprint density at radius 2 is 2.20 bits per heavy atom. The highest BCUT2D eigenvalue weighted by Gasteiger charge is 2.15. The largest absolute Gasteiger partial charge is 0.330 e. The van der Waals surface area contributed by atoms with Crippen LogP contribution in [-0.2, 0) is 0 Å². The summed E-state index contributed by atoms with van der Waals surface area (Å²) >= 11 is 5.67. The molecule has 6 heteroatoms. The summed E-state index contributed by atoms with van der Waals surface area (Å²) in [5, 5.41) is 10.7. The molecule has 0 heterocycles. The van der Waals surface area contributed by atoms with Gasteiger partial charge in [-0.15, -0.1) is 0 Å². The molecule has 5 nitrogen and oxygen atoms in total. The summed E-state index contributed by atoms with van der Waals surface area (Å²) < 4.78 is 0. The summed E-state index contributed by atoms with van der Waals surface area (Å²) in [6, 6.07) is 4.26. The van der Waals surface area contributed by atoms with Crippen LogP contribution in [0.15, 0.2) is 18.2 Å². The number of halogens is 1. The van der Waals surface area contributed by atoms with Crippen LogP contribution in [0.1, 0.15) is 18.0 Å². The first-order valence-corrected chi connectivity index (χ1v) is 4.83. The van der Waals surface area contributed by atoms with E-state index in [1.807, 2.05) is 0 Å². The summed E-state index contributed by atoms with van der Waals surface area (Å²) in [4.78, 5) is 10.1. The second-order valence-electron chi connectivity index (χ2n) is 3.15. The third-order valence-corrected chi connectivity index (χ3v) is 2.39. The van der Waals surface area contributed by atoms with Gasteiger partial charge in [0.1, 0.15) is 5.02 Å². The van der Waals surface area contributed by atoms with Gasteiger partial charge in [-0.05, 0) is 24.6 Å². The maximum Gasteiger partial charge on any atom is 0.288 e. The van der Waals surface area contributed by atoms with Crippen LogP contribution in [0.5, 0.6) is 0 Å².